The first-order chi connectivity index (χ1) is 7.20. The monoisotopic (exact) mass is 212 g/mol. The molecule has 0 aliphatic carbocycles. The molecule has 0 saturated carbocycles. The molecule has 0 atom stereocenters. The highest BCUT2D eigenvalue weighted by atomic mass is 16.5. The van der Waals surface area contributed by atoms with Crippen molar-refractivity contribution in [1.29, 1.82) is 0 Å². The minimum atomic E-state index is 0.779. The maximum absolute atomic E-state index is 5.39. The molecule has 0 heterocycles. The van der Waals surface area contributed by atoms with Crippen LogP contribution >= 0.6 is 0 Å². The molecule has 2 nitrogen and oxygen atoms in total. The zero-order chi connectivity index (χ0) is 11.5. The van der Waals surface area contributed by atoms with Gasteiger partial charge < -0.3 is 9.47 Å². The fraction of sp³-hybridized carbons (Fsp3) is 0.692. The van der Waals surface area contributed by atoms with Crippen molar-refractivity contribution in [2.24, 2.45) is 0 Å². The second-order valence-electron chi connectivity index (χ2n) is 3.54. The van der Waals surface area contributed by atoms with Crippen LogP contribution in [-0.4, -0.2) is 13.2 Å². The van der Waals surface area contributed by atoms with Crippen LogP contribution in [0.4, 0.5) is 0 Å². The van der Waals surface area contributed by atoms with Gasteiger partial charge in [-0.15, -0.1) is 0 Å². The molecule has 0 bridgehead atoms. The van der Waals surface area contributed by atoms with Crippen molar-refractivity contribution < 1.29 is 9.47 Å². The van der Waals surface area contributed by atoms with E-state index in [1.54, 1.807) is 0 Å². The Kier molecular flexibility index (Phi) is 9.04. The zero-order valence-corrected chi connectivity index (χ0v) is 10.2. The van der Waals surface area contributed by atoms with Crippen LogP contribution in [0.3, 0.4) is 0 Å². The molecular formula is C13H24O2. The average Bonchev–Trinajstić information content (AvgIpc) is 2.26. The molecule has 0 aliphatic heterocycles. The molecule has 0 N–H and O–H groups in total. The van der Waals surface area contributed by atoms with Crippen LogP contribution in [0, 0.1) is 0 Å². The molecular weight excluding hydrogens is 188 g/mol. The summed E-state index contributed by atoms with van der Waals surface area (Å²) in [7, 11) is 0. The van der Waals surface area contributed by atoms with Crippen LogP contribution in [0.15, 0.2) is 24.7 Å². The molecule has 0 aliphatic rings. The molecule has 0 aromatic rings. The number of unbranched alkanes of at least 4 members (excludes halogenated alkanes) is 2. The fourth-order valence-corrected chi connectivity index (χ4v) is 1.02. The molecule has 0 aromatic heterocycles. The Bertz CT molecular complexity index is 165. The van der Waals surface area contributed by atoms with E-state index in [9.17, 15) is 0 Å². The number of allylic oxidation sites excluding steroid dienone is 2. The van der Waals surface area contributed by atoms with E-state index >= 15 is 0 Å². The van der Waals surface area contributed by atoms with Crippen molar-refractivity contribution >= 4 is 0 Å². The van der Waals surface area contributed by atoms with Gasteiger partial charge in [0.05, 0.1) is 24.7 Å². The van der Waals surface area contributed by atoms with Gasteiger partial charge in [0.25, 0.3) is 0 Å². The van der Waals surface area contributed by atoms with Crippen LogP contribution in [-0.2, 0) is 9.47 Å². The first-order valence-electron chi connectivity index (χ1n) is 5.81. The molecule has 2 heteroatoms. The molecule has 88 valence electrons. The Balaban J connectivity index is 3.11. The van der Waals surface area contributed by atoms with Crippen LogP contribution in [0.25, 0.3) is 0 Å². The predicted molar refractivity (Wildman–Crippen MR) is 64.6 cm³/mol. The van der Waals surface area contributed by atoms with E-state index in [2.05, 4.69) is 13.2 Å². The maximum atomic E-state index is 5.39. The van der Waals surface area contributed by atoms with E-state index in [0.29, 0.717) is 0 Å². The van der Waals surface area contributed by atoms with Gasteiger partial charge in [0.15, 0.2) is 0 Å². The third kappa shape index (κ3) is 9.39. The van der Waals surface area contributed by atoms with Gasteiger partial charge in [-0.25, -0.2) is 0 Å². The minimum absolute atomic E-state index is 0.779. The number of hydrogen-bond acceptors (Lipinski definition) is 2. The van der Waals surface area contributed by atoms with Gasteiger partial charge in [-0.05, 0) is 19.3 Å². The molecule has 0 amide bonds. The highest BCUT2D eigenvalue weighted by molar-refractivity contribution is 4.79. The summed E-state index contributed by atoms with van der Waals surface area (Å²) >= 11 is 0. The van der Waals surface area contributed by atoms with Crippen molar-refractivity contribution in [3.05, 3.63) is 24.7 Å². The second-order valence-corrected chi connectivity index (χ2v) is 3.54. The van der Waals surface area contributed by atoms with Gasteiger partial charge >= 0.3 is 0 Å². The summed E-state index contributed by atoms with van der Waals surface area (Å²) < 4.78 is 10.8. The minimum Gasteiger partial charge on any atom is -0.499 e. The van der Waals surface area contributed by atoms with Crippen molar-refractivity contribution in [3.63, 3.8) is 0 Å². The SMILES string of the molecule is C=C(CC)OCCCCCOC(=C)CC. The standard InChI is InChI=1S/C13H24O2/c1-5-12(3)14-10-8-7-9-11-15-13(4)6-2/h3-11H2,1-2H3. The molecule has 0 spiro atoms. The van der Waals surface area contributed by atoms with Gasteiger partial charge in [-0.2, -0.15) is 0 Å². The lowest BCUT2D eigenvalue weighted by Gasteiger charge is -2.08. The van der Waals surface area contributed by atoms with Gasteiger partial charge in [0.2, 0.25) is 0 Å². The van der Waals surface area contributed by atoms with E-state index in [0.717, 1.165) is 56.8 Å². The molecule has 0 saturated heterocycles. The topological polar surface area (TPSA) is 18.5 Å². The van der Waals surface area contributed by atoms with Crippen LogP contribution < -0.4 is 0 Å². The molecule has 0 radical (unpaired) electrons. The lowest BCUT2D eigenvalue weighted by atomic mass is 10.2. The van der Waals surface area contributed by atoms with Crippen LogP contribution in [0.5, 0.6) is 0 Å². The average molecular weight is 212 g/mol. The Morgan fingerprint density at radius 3 is 1.53 bits per heavy atom. The summed E-state index contributed by atoms with van der Waals surface area (Å²) in [5.41, 5.74) is 0. The smallest absolute Gasteiger partial charge is 0.0885 e. The van der Waals surface area contributed by atoms with Gasteiger partial charge in [-0.3, -0.25) is 0 Å². The van der Waals surface area contributed by atoms with Crippen LogP contribution in [0.2, 0.25) is 0 Å². The largest absolute Gasteiger partial charge is 0.499 e. The van der Waals surface area contributed by atoms with E-state index in [-0.39, 0.29) is 0 Å². The highest BCUT2D eigenvalue weighted by Gasteiger charge is 1.94. The molecule has 15 heavy (non-hydrogen) atoms. The molecule has 0 rings (SSSR count). The lowest BCUT2D eigenvalue weighted by molar-refractivity contribution is 0.180. The molecule has 0 unspecified atom stereocenters. The lowest BCUT2D eigenvalue weighted by Crippen LogP contribution is -1.96. The van der Waals surface area contributed by atoms with Gasteiger partial charge in [0.1, 0.15) is 0 Å². The summed E-state index contributed by atoms with van der Waals surface area (Å²) in [6.07, 6.45) is 5.08. The Hall–Kier alpha value is -0.920. The van der Waals surface area contributed by atoms with E-state index in [1.165, 1.54) is 0 Å². The second kappa shape index (κ2) is 9.63. The quantitative estimate of drug-likeness (QED) is 0.402. The summed E-state index contributed by atoms with van der Waals surface area (Å²) in [6.45, 7) is 13.2. The zero-order valence-electron chi connectivity index (χ0n) is 10.2. The molecule has 0 fully saturated rings. The first-order valence-corrected chi connectivity index (χ1v) is 5.81. The van der Waals surface area contributed by atoms with E-state index < -0.39 is 0 Å². The third-order valence-electron chi connectivity index (χ3n) is 2.19. The van der Waals surface area contributed by atoms with Crippen molar-refractivity contribution in [1.82, 2.24) is 0 Å². The highest BCUT2D eigenvalue weighted by Crippen LogP contribution is 2.04. The Morgan fingerprint density at radius 1 is 0.800 bits per heavy atom. The van der Waals surface area contributed by atoms with Gasteiger partial charge in [-0.1, -0.05) is 27.0 Å². The maximum Gasteiger partial charge on any atom is 0.0885 e. The van der Waals surface area contributed by atoms with Crippen molar-refractivity contribution in [3.8, 4) is 0 Å². The summed E-state index contributed by atoms with van der Waals surface area (Å²) in [5.74, 6) is 1.76. The summed E-state index contributed by atoms with van der Waals surface area (Å²) in [4.78, 5) is 0. The number of hydrogen-bond donors (Lipinski definition) is 0. The normalized spacial score (nSPS) is 9.73. The first kappa shape index (κ1) is 14.1. The Labute approximate surface area is 94.0 Å². The van der Waals surface area contributed by atoms with E-state index in [1.807, 2.05) is 13.8 Å². The number of rotatable bonds is 10. The summed E-state index contributed by atoms with van der Waals surface area (Å²) in [5, 5.41) is 0. The van der Waals surface area contributed by atoms with Crippen molar-refractivity contribution in [2.75, 3.05) is 13.2 Å². The number of ether oxygens (including phenoxy) is 2. The third-order valence-corrected chi connectivity index (χ3v) is 2.19. The Morgan fingerprint density at radius 2 is 1.20 bits per heavy atom. The fourth-order valence-electron chi connectivity index (χ4n) is 1.02. The van der Waals surface area contributed by atoms with Crippen molar-refractivity contribution in [2.45, 2.75) is 46.0 Å². The van der Waals surface area contributed by atoms with Gasteiger partial charge in [0, 0.05) is 12.8 Å². The van der Waals surface area contributed by atoms with E-state index in [4.69, 9.17) is 9.47 Å². The molecule has 0 aromatic carbocycles. The van der Waals surface area contributed by atoms with Crippen LogP contribution in [0.1, 0.15) is 46.0 Å². The summed E-state index contributed by atoms with van der Waals surface area (Å²) in [6, 6.07) is 0. The predicted octanol–water partition coefficient (Wildman–Crippen LogP) is 4.04.